The van der Waals surface area contributed by atoms with Crippen molar-refractivity contribution in [3.8, 4) is 0 Å². The van der Waals surface area contributed by atoms with Crippen LogP contribution in [-0.2, 0) is 4.79 Å². The minimum atomic E-state index is -5.58. The van der Waals surface area contributed by atoms with Gasteiger partial charge in [-0.15, -0.1) is 0 Å². The number of hydrogen-bond donors (Lipinski definition) is 1. The number of benzene rings is 1. The predicted octanol–water partition coefficient (Wildman–Crippen LogP) is 5.28. The van der Waals surface area contributed by atoms with Crippen molar-refractivity contribution in [1.82, 2.24) is 0 Å². The molecule has 2 nitrogen and oxygen atoms in total. The van der Waals surface area contributed by atoms with E-state index < -0.39 is 35.7 Å². The van der Waals surface area contributed by atoms with Crippen LogP contribution in [0.25, 0.3) is 0 Å². The number of alkyl halides is 6. The van der Waals surface area contributed by atoms with Crippen molar-refractivity contribution in [3.05, 3.63) is 53.1 Å². The normalized spacial score (nSPS) is 17.4. The highest BCUT2D eigenvalue weighted by Gasteiger charge is 2.69. The number of allylic oxidation sites excluding steroid dienone is 3. The molecule has 0 spiro atoms. The molecule has 0 saturated carbocycles. The molecule has 0 bridgehead atoms. The maximum Gasteiger partial charge on any atom is 0.406 e. The van der Waals surface area contributed by atoms with E-state index >= 15 is 0 Å². The van der Waals surface area contributed by atoms with Crippen LogP contribution in [0, 0.1) is 5.41 Å². The Morgan fingerprint density at radius 2 is 1.58 bits per heavy atom. The van der Waals surface area contributed by atoms with Crippen LogP contribution >= 0.6 is 11.6 Å². The molecule has 9 heteroatoms. The number of rotatable bonds is 2. The summed E-state index contributed by atoms with van der Waals surface area (Å²) in [5, 5.41) is 2.61. The molecule has 1 aliphatic rings. The highest BCUT2D eigenvalue weighted by Crippen LogP contribution is 2.56. The number of hydrogen-bond acceptors (Lipinski definition) is 1. The molecule has 130 valence electrons. The quantitative estimate of drug-likeness (QED) is 0.706. The summed E-state index contributed by atoms with van der Waals surface area (Å²) in [5.74, 6) is -1.04. The average Bonchev–Trinajstić information content (AvgIpc) is 2.47. The maximum absolute atomic E-state index is 13.1. The number of anilines is 1. The molecular formula is C15H10ClF6NO. The third-order valence-corrected chi connectivity index (χ3v) is 3.80. The van der Waals surface area contributed by atoms with E-state index in [1.807, 2.05) is 0 Å². The Bertz CT molecular complexity index is 673. The first-order chi connectivity index (χ1) is 11.0. The van der Waals surface area contributed by atoms with Crippen molar-refractivity contribution in [2.75, 3.05) is 5.32 Å². The van der Waals surface area contributed by atoms with Crippen molar-refractivity contribution < 1.29 is 31.1 Å². The van der Waals surface area contributed by atoms with Gasteiger partial charge in [0.15, 0.2) is 5.41 Å². The SMILES string of the molecule is O=C(Nc1ccc(Cl)cc1)C1=CC=CC(C(F)(F)F)(C(F)(F)F)C1. The number of carbonyl (C=O) groups is 1. The molecule has 1 N–H and O–H groups in total. The fraction of sp³-hybridized carbons (Fsp3) is 0.267. The minimum Gasteiger partial charge on any atom is -0.322 e. The van der Waals surface area contributed by atoms with Gasteiger partial charge in [-0.05, 0) is 24.3 Å². The van der Waals surface area contributed by atoms with Crippen LogP contribution in [0.4, 0.5) is 32.0 Å². The van der Waals surface area contributed by atoms with Gasteiger partial charge in [-0.25, -0.2) is 0 Å². The summed E-state index contributed by atoms with van der Waals surface area (Å²) in [7, 11) is 0. The molecule has 0 aromatic heterocycles. The van der Waals surface area contributed by atoms with E-state index in [0.29, 0.717) is 11.1 Å². The van der Waals surface area contributed by atoms with Crippen LogP contribution in [0.2, 0.25) is 5.02 Å². The third kappa shape index (κ3) is 3.43. The molecule has 2 rings (SSSR count). The zero-order valence-corrected chi connectivity index (χ0v) is 12.6. The molecule has 0 unspecified atom stereocenters. The summed E-state index contributed by atoms with van der Waals surface area (Å²) in [6.07, 6.45) is -11.1. The molecule has 24 heavy (non-hydrogen) atoms. The zero-order valence-electron chi connectivity index (χ0n) is 11.8. The fourth-order valence-electron chi connectivity index (χ4n) is 2.20. The zero-order chi connectivity index (χ0) is 18.2. The summed E-state index contributed by atoms with van der Waals surface area (Å²) in [5.41, 5.74) is -4.51. The first-order valence-corrected chi connectivity index (χ1v) is 6.93. The largest absolute Gasteiger partial charge is 0.406 e. The van der Waals surface area contributed by atoms with Gasteiger partial charge in [0.25, 0.3) is 5.91 Å². The van der Waals surface area contributed by atoms with Crippen LogP contribution in [0.5, 0.6) is 0 Å². The summed E-state index contributed by atoms with van der Waals surface area (Å²) in [6.45, 7) is 0. The van der Waals surface area contributed by atoms with Gasteiger partial charge in [0.1, 0.15) is 0 Å². The lowest BCUT2D eigenvalue weighted by atomic mass is 9.76. The minimum absolute atomic E-state index is 0.0338. The van der Waals surface area contributed by atoms with Gasteiger partial charge in [0, 0.05) is 22.7 Å². The Labute approximate surface area is 137 Å². The first kappa shape index (κ1) is 18.4. The molecular weight excluding hydrogens is 360 g/mol. The van der Waals surface area contributed by atoms with Crippen LogP contribution in [0.15, 0.2) is 48.1 Å². The monoisotopic (exact) mass is 369 g/mol. The van der Waals surface area contributed by atoms with Gasteiger partial charge >= 0.3 is 12.4 Å². The van der Waals surface area contributed by atoms with Crippen LogP contribution < -0.4 is 5.32 Å². The Kier molecular flexibility index (Phi) is 4.72. The average molecular weight is 370 g/mol. The molecule has 0 saturated heterocycles. The van der Waals surface area contributed by atoms with Gasteiger partial charge < -0.3 is 5.32 Å². The molecule has 1 aromatic rings. The Hall–Kier alpha value is -1.96. The van der Waals surface area contributed by atoms with Gasteiger partial charge in [0.05, 0.1) is 0 Å². The van der Waals surface area contributed by atoms with Crippen LogP contribution in [0.3, 0.4) is 0 Å². The molecule has 0 heterocycles. The fourth-order valence-corrected chi connectivity index (χ4v) is 2.32. The smallest absolute Gasteiger partial charge is 0.322 e. The molecule has 1 aromatic carbocycles. The summed E-state index contributed by atoms with van der Waals surface area (Å²) >= 11 is 5.65. The lowest BCUT2D eigenvalue weighted by molar-refractivity contribution is -0.321. The number of amides is 1. The van der Waals surface area contributed by atoms with Gasteiger partial charge in [0.2, 0.25) is 0 Å². The van der Waals surface area contributed by atoms with E-state index in [1.54, 1.807) is 0 Å². The second-order valence-electron chi connectivity index (χ2n) is 5.16. The van der Waals surface area contributed by atoms with E-state index in [2.05, 4.69) is 5.32 Å². The van der Waals surface area contributed by atoms with Crippen molar-refractivity contribution in [2.24, 2.45) is 5.41 Å². The summed E-state index contributed by atoms with van der Waals surface area (Å²) < 4.78 is 78.3. The predicted molar refractivity (Wildman–Crippen MR) is 76.5 cm³/mol. The van der Waals surface area contributed by atoms with E-state index in [-0.39, 0.29) is 11.8 Å². The molecule has 1 amide bonds. The number of nitrogens with one attached hydrogen (secondary N) is 1. The lowest BCUT2D eigenvalue weighted by Crippen LogP contribution is -2.50. The standard InChI is InChI=1S/C15H10ClF6NO/c16-10-3-5-11(6-4-10)23-12(24)9-2-1-7-13(8-9,14(17,18)19)15(20,21)22/h1-7H,8H2,(H,23,24). The topological polar surface area (TPSA) is 29.1 Å². The Balaban J connectivity index is 2.26. The van der Waals surface area contributed by atoms with Gasteiger partial charge in [-0.1, -0.05) is 29.8 Å². The van der Waals surface area contributed by atoms with Gasteiger partial charge in [-0.3, -0.25) is 4.79 Å². The third-order valence-electron chi connectivity index (χ3n) is 3.55. The Morgan fingerprint density at radius 3 is 2.08 bits per heavy atom. The molecule has 0 atom stereocenters. The Morgan fingerprint density at radius 1 is 1.04 bits per heavy atom. The van der Waals surface area contributed by atoms with Crippen molar-refractivity contribution >= 4 is 23.2 Å². The lowest BCUT2D eigenvalue weighted by Gasteiger charge is -2.36. The van der Waals surface area contributed by atoms with Crippen molar-refractivity contribution in [2.45, 2.75) is 18.8 Å². The maximum atomic E-state index is 13.1. The van der Waals surface area contributed by atoms with Crippen molar-refractivity contribution in [3.63, 3.8) is 0 Å². The number of halogens is 7. The van der Waals surface area contributed by atoms with Crippen molar-refractivity contribution in [1.29, 1.82) is 0 Å². The van der Waals surface area contributed by atoms with E-state index in [1.165, 1.54) is 24.3 Å². The second kappa shape index (κ2) is 6.16. The van der Waals surface area contributed by atoms with E-state index in [4.69, 9.17) is 11.6 Å². The highest BCUT2D eigenvalue weighted by molar-refractivity contribution is 6.30. The van der Waals surface area contributed by atoms with E-state index in [0.717, 1.165) is 6.08 Å². The van der Waals surface area contributed by atoms with Crippen LogP contribution in [0.1, 0.15) is 6.42 Å². The van der Waals surface area contributed by atoms with Gasteiger partial charge in [-0.2, -0.15) is 26.3 Å². The molecule has 0 fully saturated rings. The molecule has 0 aliphatic heterocycles. The van der Waals surface area contributed by atoms with Crippen LogP contribution in [-0.4, -0.2) is 18.3 Å². The summed E-state index contributed by atoms with van der Waals surface area (Å²) in [4.78, 5) is 12.0. The summed E-state index contributed by atoms with van der Waals surface area (Å²) in [6, 6.07) is 5.59. The van der Waals surface area contributed by atoms with E-state index in [9.17, 15) is 31.1 Å². The number of carbonyl (C=O) groups excluding carboxylic acids is 1. The second-order valence-corrected chi connectivity index (χ2v) is 5.59. The highest BCUT2D eigenvalue weighted by atomic mass is 35.5. The molecule has 0 radical (unpaired) electrons. The first-order valence-electron chi connectivity index (χ1n) is 6.55. The molecule has 1 aliphatic carbocycles.